The summed E-state index contributed by atoms with van der Waals surface area (Å²) in [6.07, 6.45) is 0. The summed E-state index contributed by atoms with van der Waals surface area (Å²) in [6.45, 7) is -1.28. The van der Waals surface area contributed by atoms with Crippen LogP contribution in [0.5, 0.6) is 5.75 Å². The zero-order valence-corrected chi connectivity index (χ0v) is 13.0. The fourth-order valence-corrected chi connectivity index (χ4v) is 2.36. The molecule has 124 valence electrons. The Morgan fingerprint density at radius 1 is 1.33 bits per heavy atom. The molecule has 6 nitrogen and oxygen atoms in total. The molecular formula is C15H10ClF2N3O3. The summed E-state index contributed by atoms with van der Waals surface area (Å²) >= 11 is 6.12. The minimum absolute atomic E-state index is 0.00786. The van der Waals surface area contributed by atoms with Crippen molar-refractivity contribution in [2.24, 2.45) is 0 Å². The Morgan fingerprint density at radius 3 is 2.58 bits per heavy atom. The van der Waals surface area contributed by atoms with Gasteiger partial charge >= 0.3 is 12.6 Å². The monoisotopic (exact) mass is 353 g/mol. The highest BCUT2D eigenvalue weighted by Gasteiger charge is 2.18. The fourth-order valence-electron chi connectivity index (χ4n) is 2.20. The second-order valence-corrected chi connectivity index (χ2v) is 5.25. The number of carboxylic acids is 1. The largest absolute Gasteiger partial charge is 0.477 e. The van der Waals surface area contributed by atoms with E-state index in [9.17, 15) is 18.7 Å². The molecule has 3 aromatic rings. The van der Waals surface area contributed by atoms with Crippen molar-refractivity contribution in [1.82, 2.24) is 14.6 Å². The predicted octanol–water partition coefficient (Wildman–Crippen LogP) is 3.66. The second kappa shape index (κ2) is 6.04. The molecule has 0 fully saturated rings. The maximum absolute atomic E-state index is 12.2. The molecule has 0 unspecified atom stereocenters. The van der Waals surface area contributed by atoms with Gasteiger partial charge < -0.3 is 9.84 Å². The smallest absolute Gasteiger partial charge is 0.387 e. The molecule has 0 saturated carbocycles. The molecule has 0 saturated heterocycles. The molecule has 1 N–H and O–H groups in total. The van der Waals surface area contributed by atoms with Crippen molar-refractivity contribution in [3.8, 4) is 17.0 Å². The normalized spacial score (nSPS) is 11.2. The first-order chi connectivity index (χ1) is 11.4. The predicted molar refractivity (Wildman–Crippen MR) is 81.8 cm³/mol. The van der Waals surface area contributed by atoms with Crippen LogP contribution >= 0.6 is 11.6 Å². The number of aromatic carboxylic acids is 1. The number of carboxylic acid groups (broad SMARTS) is 1. The Morgan fingerprint density at radius 2 is 2.00 bits per heavy atom. The van der Waals surface area contributed by atoms with Crippen molar-refractivity contribution in [3.05, 3.63) is 46.7 Å². The molecular weight excluding hydrogens is 344 g/mol. The Hall–Kier alpha value is -2.74. The van der Waals surface area contributed by atoms with Crippen molar-refractivity contribution in [1.29, 1.82) is 0 Å². The van der Waals surface area contributed by atoms with Gasteiger partial charge in [0.15, 0.2) is 11.3 Å². The highest BCUT2D eigenvalue weighted by Crippen LogP contribution is 2.27. The third-order valence-electron chi connectivity index (χ3n) is 3.29. The summed E-state index contributed by atoms with van der Waals surface area (Å²) in [5.74, 6) is -1.20. The van der Waals surface area contributed by atoms with Crippen molar-refractivity contribution in [2.45, 2.75) is 13.5 Å². The molecule has 0 aliphatic carbocycles. The third-order valence-corrected chi connectivity index (χ3v) is 3.73. The topological polar surface area (TPSA) is 76.7 Å². The van der Waals surface area contributed by atoms with Crippen molar-refractivity contribution in [2.75, 3.05) is 0 Å². The molecule has 9 heteroatoms. The number of nitrogens with zero attached hydrogens (tertiary/aromatic N) is 3. The number of rotatable bonds is 4. The van der Waals surface area contributed by atoms with Crippen LogP contribution in [0.15, 0.2) is 30.3 Å². The van der Waals surface area contributed by atoms with Crippen LogP contribution in [0.3, 0.4) is 0 Å². The van der Waals surface area contributed by atoms with E-state index in [1.165, 1.54) is 30.3 Å². The number of ether oxygens (including phenoxy) is 1. The summed E-state index contributed by atoms with van der Waals surface area (Å²) in [5.41, 5.74) is 1.39. The zero-order chi connectivity index (χ0) is 17.4. The van der Waals surface area contributed by atoms with Crippen LogP contribution in [0.2, 0.25) is 5.02 Å². The number of benzene rings is 1. The molecule has 1 aromatic carbocycles. The lowest BCUT2D eigenvalue weighted by atomic mass is 10.1. The number of aryl methyl sites for hydroxylation is 1. The number of aromatic nitrogens is 3. The number of hydrogen-bond donors (Lipinski definition) is 1. The van der Waals surface area contributed by atoms with E-state index in [1.807, 2.05) is 0 Å². The Labute approximate surface area is 139 Å². The molecule has 0 atom stereocenters. The molecule has 0 aliphatic rings. The van der Waals surface area contributed by atoms with E-state index in [0.29, 0.717) is 17.0 Å². The number of alkyl halides is 2. The van der Waals surface area contributed by atoms with Crippen LogP contribution in [0.25, 0.3) is 16.9 Å². The summed E-state index contributed by atoms with van der Waals surface area (Å²) in [4.78, 5) is 15.8. The van der Waals surface area contributed by atoms with Gasteiger partial charge in [0.25, 0.3) is 0 Å². The molecule has 0 amide bonds. The minimum Gasteiger partial charge on any atom is -0.477 e. The van der Waals surface area contributed by atoms with Crippen LogP contribution in [0, 0.1) is 6.92 Å². The van der Waals surface area contributed by atoms with Gasteiger partial charge in [-0.25, -0.2) is 14.3 Å². The Balaban J connectivity index is 2.12. The number of hydrogen-bond acceptors (Lipinski definition) is 4. The quantitative estimate of drug-likeness (QED) is 0.774. The lowest BCUT2D eigenvalue weighted by molar-refractivity contribution is -0.0498. The second-order valence-electron chi connectivity index (χ2n) is 4.87. The van der Waals surface area contributed by atoms with E-state index < -0.39 is 12.6 Å². The zero-order valence-electron chi connectivity index (χ0n) is 12.2. The highest BCUT2D eigenvalue weighted by molar-refractivity contribution is 6.34. The van der Waals surface area contributed by atoms with Gasteiger partial charge in [0, 0.05) is 5.56 Å². The molecule has 0 bridgehead atoms. The van der Waals surface area contributed by atoms with E-state index in [2.05, 4.69) is 14.8 Å². The number of halogens is 3. The molecule has 3 rings (SSSR count). The standard InChI is InChI=1S/C15H10ClF2N3O3/c1-7-12(16)13-19-10(6-11(14(22)23)21(13)20-7)8-2-4-9(5-3-8)24-15(17)18/h2-6,15H,1H3,(H,22,23). The van der Waals surface area contributed by atoms with Crippen LogP contribution in [-0.2, 0) is 0 Å². The maximum Gasteiger partial charge on any atom is 0.387 e. The van der Waals surface area contributed by atoms with E-state index in [1.54, 1.807) is 6.92 Å². The van der Waals surface area contributed by atoms with E-state index in [-0.39, 0.29) is 22.1 Å². The van der Waals surface area contributed by atoms with Gasteiger partial charge in [-0.05, 0) is 37.3 Å². The molecule has 0 spiro atoms. The van der Waals surface area contributed by atoms with Crippen molar-refractivity contribution < 1.29 is 23.4 Å². The van der Waals surface area contributed by atoms with Crippen molar-refractivity contribution >= 4 is 23.2 Å². The fraction of sp³-hybridized carbons (Fsp3) is 0.133. The van der Waals surface area contributed by atoms with Crippen molar-refractivity contribution in [3.63, 3.8) is 0 Å². The van der Waals surface area contributed by atoms with Crippen LogP contribution in [0.4, 0.5) is 8.78 Å². The number of fused-ring (bicyclic) bond motifs is 1. The van der Waals surface area contributed by atoms with Crippen LogP contribution in [-0.4, -0.2) is 32.3 Å². The molecule has 24 heavy (non-hydrogen) atoms. The summed E-state index contributed by atoms with van der Waals surface area (Å²) in [5, 5.41) is 13.7. The molecule has 0 radical (unpaired) electrons. The van der Waals surface area contributed by atoms with Gasteiger partial charge in [0.1, 0.15) is 10.8 Å². The van der Waals surface area contributed by atoms with E-state index >= 15 is 0 Å². The average molecular weight is 354 g/mol. The van der Waals surface area contributed by atoms with Gasteiger partial charge in [0.05, 0.1) is 11.4 Å². The highest BCUT2D eigenvalue weighted by atomic mass is 35.5. The first-order valence-electron chi connectivity index (χ1n) is 6.71. The Bertz CT molecular complexity index is 926. The minimum atomic E-state index is -2.92. The summed E-state index contributed by atoms with van der Waals surface area (Å²) < 4.78 is 29.8. The first kappa shape index (κ1) is 16.1. The van der Waals surface area contributed by atoms with Gasteiger partial charge in [-0.2, -0.15) is 13.9 Å². The van der Waals surface area contributed by atoms with Crippen LogP contribution in [0.1, 0.15) is 16.2 Å². The SMILES string of the molecule is Cc1nn2c(C(=O)O)cc(-c3ccc(OC(F)F)cc3)nc2c1Cl. The lowest BCUT2D eigenvalue weighted by Gasteiger charge is -2.07. The first-order valence-corrected chi connectivity index (χ1v) is 7.09. The molecule has 2 aromatic heterocycles. The van der Waals surface area contributed by atoms with Crippen LogP contribution < -0.4 is 4.74 Å². The van der Waals surface area contributed by atoms with E-state index in [4.69, 9.17) is 11.6 Å². The van der Waals surface area contributed by atoms with Gasteiger partial charge in [0.2, 0.25) is 0 Å². The Kier molecular flexibility index (Phi) is 4.06. The molecule has 0 aliphatic heterocycles. The molecule has 2 heterocycles. The van der Waals surface area contributed by atoms with Gasteiger partial charge in [-0.15, -0.1) is 0 Å². The third kappa shape index (κ3) is 2.88. The summed E-state index contributed by atoms with van der Waals surface area (Å²) in [7, 11) is 0. The van der Waals surface area contributed by atoms with Gasteiger partial charge in [-0.1, -0.05) is 11.6 Å². The van der Waals surface area contributed by atoms with Gasteiger partial charge in [-0.3, -0.25) is 0 Å². The van der Waals surface area contributed by atoms with E-state index in [0.717, 1.165) is 4.52 Å². The summed E-state index contributed by atoms with van der Waals surface area (Å²) in [6, 6.07) is 7.02. The average Bonchev–Trinajstić information content (AvgIpc) is 2.81. The maximum atomic E-state index is 12.2. The lowest BCUT2D eigenvalue weighted by Crippen LogP contribution is -2.08. The number of carbonyl (C=O) groups is 1.